The minimum Gasteiger partial charge on any atom is -0.388 e. The largest absolute Gasteiger partial charge is 0.388 e. The highest BCUT2D eigenvalue weighted by Crippen LogP contribution is 2.06. The average Bonchev–Trinajstić information content (AvgIpc) is 1.97. The number of aliphatic hydroxyl groups excluding tert-OH is 1. The van der Waals surface area contributed by atoms with Gasteiger partial charge in [-0.2, -0.15) is 0 Å². The van der Waals surface area contributed by atoms with Crippen LogP contribution < -0.4 is 0 Å². The Morgan fingerprint density at radius 1 is 1.17 bits per heavy atom. The molecule has 1 N–H and O–H groups in total. The molecule has 0 heterocycles. The van der Waals surface area contributed by atoms with E-state index in [0.717, 1.165) is 12.2 Å². The van der Waals surface area contributed by atoms with E-state index in [1.54, 1.807) is 0 Å². The van der Waals surface area contributed by atoms with Gasteiger partial charge in [-0.25, -0.2) is 0 Å². The van der Waals surface area contributed by atoms with E-state index in [4.69, 9.17) is 0 Å². The number of aliphatic hydroxyl groups is 1. The van der Waals surface area contributed by atoms with Crippen molar-refractivity contribution in [3.05, 3.63) is 0 Å². The van der Waals surface area contributed by atoms with Gasteiger partial charge in [0.1, 0.15) is 5.75 Å². The summed E-state index contributed by atoms with van der Waals surface area (Å²) in [5.41, 5.74) is 0. The first-order chi connectivity index (χ1) is 5.66. The Labute approximate surface area is 79.9 Å². The standard InChI is InChI=1S/C10H23OS/c1-4-5-6-7-8-10(11)9-12(2)3/h10-11H,4-9H2,1-3H3/q+1. The number of hydrogen-bond acceptors (Lipinski definition) is 1. The second-order valence-corrected chi connectivity index (χ2v) is 5.96. The lowest BCUT2D eigenvalue weighted by Gasteiger charge is -2.07. The van der Waals surface area contributed by atoms with Crippen molar-refractivity contribution in [1.29, 1.82) is 0 Å². The molecular weight excluding hydrogens is 168 g/mol. The van der Waals surface area contributed by atoms with Crippen LogP contribution in [0.5, 0.6) is 0 Å². The highest BCUT2D eigenvalue weighted by atomic mass is 32.2. The van der Waals surface area contributed by atoms with E-state index in [0.29, 0.717) is 10.9 Å². The Morgan fingerprint density at radius 3 is 2.33 bits per heavy atom. The molecule has 0 aliphatic carbocycles. The van der Waals surface area contributed by atoms with Crippen LogP contribution in [-0.4, -0.2) is 29.5 Å². The number of rotatable bonds is 7. The fourth-order valence-corrected chi connectivity index (χ4v) is 2.21. The zero-order chi connectivity index (χ0) is 9.40. The predicted molar refractivity (Wildman–Crippen MR) is 58.8 cm³/mol. The molecule has 0 fully saturated rings. The Hall–Kier alpha value is 0.310. The van der Waals surface area contributed by atoms with Gasteiger partial charge in [-0.05, 0) is 17.3 Å². The number of unbranched alkanes of at least 4 members (excludes halogenated alkanes) is 3. The monoisotopic (exact) mass is 191 g/mol. The van der Waals surface area contributed by atoms with Gasteiger partial charge in [-0.3, -0.25) is 0 Å². The van der Waals surface area contributed by atoms with Gasteiger partial charge in [-0.15, -0.1) is 0 Å². The van der Waals surface area contributed by atoms with Crippen LogP contribution in [0.1, 0.15) is 39.0 Å². The van der Waals surface area contributed by atoms with Crippen molar-refractivity contribution in [3.8, 4) is 0 Å². The Bertz CT molecular complexity index is 93.8. The van der Waals surface area contributed by atoms with E-state index in [-0.39, 0.29) is 6.10 Å². The summed E-state index contributed by atoms with van der Waals surface area (Å²) in [4.78, 5) is 0. The van der Waals surface area contributed by atoms with Crippen LogP contribution in [0.2, 0.25) is 0 Å². The minimum atomic E-state index is -0.0415. The third-order valence-corrected chi connectivity index (χ3v) is 2.97. The molecule has 0 amide bonds. The topological polar surface area (TPSA) is 20.2 Å². The van der Waals surface area contributed by atoms with Crippen LogP contribution in [0.4, 0.5) is 0 Å². The molecule has 2 heteroatoms. The SMILES string of the molecule is CCCCCCC(O)C[S+](C)C. The van der Waals surface area contributed by atoms with Gasteiger partial charge >= 0.3 is 0 Å². The second-order valence-electron chi connectivity index (χ2n) is 3.66. The molecule has 0 aliphatic rings. The molecule has 1 atom stereocenters. The second kappa shape index (κ2) is 7.93. The molecule has 1 nitrogen and oxygen atoms in total. The summed E-state index contributed by atoms with van der Waals surface area (Å²) in [6.07, 6.45) is 10.4. The lowest BCUT2D eigenvalue weighted by atomic mass is 10.1. The molecule has 0 rings (SSSR count). The van der Waals surface area contributed by atoms with Crippen LogP contribution in [0.25, 0.3) is 0 Å². The van der Waals surface area contributed by atoms with Gasteiger partial charge in [0.15, 0.2) is 0 Å². The molecule has 0 bridgehead atoms. The fraction of sp³-hybridized carbons (Fsp3) is 1.00. The van der Waals surface area contributed by atoms with E-state index in [1.165, 1.54) is 25.7 Å². The maximum Gasteiger partial charge on any atom is 0.133 e. The molecule has 0 spiro atoms. The third kappa shape index (κ3) is 8.41. The van der Waals surface area contributed by atoms with E-state index < -0.39 is 0 Å². The van der Waals surface area contributed by atoms with Gasteiger partial charge in [0, 0.05) is 0 Å². The lowest BCUT2D eigenvalue weighted by Crippen LogP contribution is -2.18. The van der Waals surface area contributed by atoms with Crippen LogP contribution in [0.15, 0.2) is 0 Å². The highest BCUT2D eigenvalue weighted by molar-refractivity contribution is 7.95. The van der Waals surface area contributed by atoms with Gasteiger partial charge in [0.25, 0.3) is 0 Å². The molecule has 1 unspecified atom stereocenters. The van der Waals surface area contributed by atoms with Crippen LogP contribution in [0.3, 0.4) is 0 Å². The maximum absolute atomic E-state index is 9.53. The average molecular weight is 191 g/mol. The van der Waals surface area contributed by atoms with Crippen LogP contribution >= 0.6 is 0 Å². The quantitative estimate of drug-likeness (QED) is 0.483. The highest BCUT2D eigenvalue weighted by Gasteiger charge is 2.11. The smallest absolute Gasteiger partial charge is 0.133 e. The molecule has 0 saturated carbocycles. The van der Waals surface area contributed by atoms with Crippen LogP contribution in [-0.2, 0) is 10.9 Å². The first-order valence-electron chi connectivity index (χ1n) is 4.89. The molecule has 0 radical (unpaired) electrons. The summed E-state index contributed by atoms with van der Waals surface area (Å²) in [6.45, 7) is 2.21. The van der Waals surface area contributed by atoms with Crippen molar-refractivity contribution < 1.29 is 5.11 Å². The summed E-state index contributed by atoms with van der Waals surface area (Å²) in [7, 11) is 0.397. The molecule has 74 valence electrons. The van der Waals surface area contributed by atoms with Crippen molar-refractivity contribution in [3.63, 3.8) is 0 Å². The van der Waals surface area contributed by atoms with Crippen molar-refractivity contribution in [2.75, 3.05) is 18.3 Å². The Morgan fingerprint density at radius 2 is 1.83 bits per heavy atom. The number of hydrogen-bond donors (Lipinski definition) is 1. The summed E-state index contributed by atoms with van der Waals surface area (Å²) >= 11 is 0. The molecule has 0 aromatic carbocycles. The molecule has 0 saturated heterocycles. The molecular formula is C10H23OS+. The molecule has 12 heavy (non-hydrogen) atoms. The van der Waals surface area contributed by atoms with E-state index in [1.807, 2.05) is 0 Å². The van der Waals surface area contributed by atoms with Crippen molar-refractivity contribution in [1.82, 2.24) is 0 Å². The fourth-order valence-electron chi connectivity index (χ4n) is 1.27. The van der Waals surface area contributed by atoms with Gasteiger partial charge in [0.2, 0.25) is 0 Å². The molecule has 0 aliphatic heterocycles. The first kappa shape index (κ1) is 12.3. The minimum absolute atomic E-state index is 0.0415. The summed E-state index contributed by atoms with van der Waals surface area (Å²) in [6, 6.07) is 0. The van der Waals surface area contributed by atoms with E-state index >= 15 is 0 Å². The third-order valence-electron chi connectivity index (χ3n) is 1.92. The maximum atomic E-state index is 9.53. The van der Waals surface area contributed by atoms with Crippen molar-refractivity contribution >= 4 is 10.9 Å². The van der Waals surface area contributed by atoms with E-state index in [2.05, 4.69) is 19.4 Å². The molecule has 0 aromatic heterocycles. The zero-order valence-corrected chi connectivity index (χ0v) is 9.49. The van der Waals surface area contributed by atoms with Gasteiger partial charge in [-0.1, -0.05) is 32.6 Å². The Kier molecular flexibility index (Phi) is 8.14. The lowest BCUT2D eigenvalue weighted by molar-refractivity contribution is 0.184. The first-order valence-corrected chi connectivity index (χ1v) is 7.10. The van der Waals surface area contributed by atoms with E-state index in [9.17, 15) is 5.11 Å². The summed E-state index contributed by atoms with van der Waals surface area (Å²) < 4.78 is 0. The van der Waals surface area contributed by atoms with Crippen LogP contribution in [0, 0.1) is 0 Å². The summed E-state index contributed by atoms with van der Waals surface area (Å²) in [5.74, 6) is 0.992. The normalized spacial score (nSPS) is 13.8. The van der Waals surface area contributed by atoms with Gasteiger partial charge < -0.3 is 5.11 Å². The van der Waals surface area contributed by atoms with Crippen molar-refractivity contribution in [2.24, 2.45) is 0 Å². The zero-order valence-electron chi connectivity index (χ0n) is 8.68. The summed E-state index contributed by atoms with van der Waals surface area (Å²) in [5, 5.41) is 9.53. The van der Waals surface area contributed by atoms with Gasteiger partial charge in [0.05, 0.1) is 18.6 Å². The Balaban J connectivity index is 3.14. The molecule has 0 aromatic rings. The van der Waals surface area contributed by atoms with Crippen molar-refractivity contribution in [2.45, 2.75) is 45.1 Å². The predicted octanol–water partition coefficient (Wildman–Crippen LogP) is 2.20.